The molecular weight excluding hydrogens is 321 g/mol. The van der Waals surface area contributed by atoms with E-state index >= 15 is 0 Å². The van der Waals surface area contributed by atoms with Gasteiger partial charge in [-0.25, -0.2) is 8.42 Å². The molecule has 0 aromatic heterocycles. The molecule has 2 rings (SSSR count). The third-order valence-electron chi connectivity index (χ3n) is 3.73. The number of hydrogen-bond donors (Lipinski definition) is 0. The molecule has 2 atom stereocenters. The van der Waals surface area contributed by atoms with E-state index in [1.807, 2.05) is 0 Å². The maximum Gasteiger partial charge on any atom is 0.261 e. The van der Waals surface area contributed by atoms with Gasteiger partial charge >= 0.3 is 0 Å². The van der Waals surface area contributed by atoms with Gasteiger partial charge in [-0.2, -0.15) is 0 Å². The van der Waals surface area contributed by atoms with Crippen molar-refractivity contribution in [2.24, 2.45) is 11.8 Å². The fraction of sp³-hybridized carbons (Fsp3) is 0.462. The summed E-state index contributed by atoms with van der Waals surface area (Å²) in [6, 6.07) is 3.91. The molecule has 1 amide bonds. The van der Waals surface area contributed by atoms with Crippen LogP contribution in [0.1, 0.15) is 24.2 Å². The third-order valence-corrected chi connectivity index (χ3v) is 5.41. The van der Waals surface area contributed by atoms with Crippen molar-refractivity contribution in [2.75, 3.05) is 13.1 Å². The Balaban J connectivity index is 2.35. The minimum absolute atomic E-state index is 0.118. The molecule has 0 saturated carbocycles. The minimum Gasteiger partial charge on any atom is -0.338 e. The molecule has 2 unspecified atom stereocenters. The Kier molecular flexibility index (Phi) is 4.33. The van der Waals surface area contributed by atoms with Crippen LogP contribution >= 0.6 is 22.3 Å². The Bertz CT molecular complexity index is 635. The van der Waals surface area contributed by atoms with E-state index in [9.17, 15) is 13.2 Å². The van der Waals surface area contributed by atoms with Crippen LogP contribution in [0.15, 0.2) is 23.1 Å². The SMILES string of the molecule is CC1CN(C(=O)c2cc(S(=O)(=O)Cl)ccc2Cl)CC1C. The van der Waals surface area contributed by atoms with Gasteiger partial charge in [0, 0.05) is 23.8 Å². The van der Waals surface area contributed by atoms with Crippen LogP contribution in [0, 0.1) is 11.8 Å². The number of likely N-dealkylation sites (tertiary alicyclic amines) is 1. The standard InChI is InChI=1S/C13H15Cl2NO3S/c1-8-6-16(7-9(8)2)13(17)11-5-10(20(15,18)19)3-4-12(11)14/h3-5,8-9H,6-7H2,1-2H3. The molecule has 110 valence electrons. The first-order chi connectivity index (χ1) is 9.20. The molecule has 7 heteroatoms. The number of amides is 1. The number of hydrogen-bond acceptors (Lipinski definition) is 3. The second-order valence-electron chi connectivity index (χ2n) is 5.24. The maximum atomic E-state index is 12.4. The molecule has 4 nitrogen and oxygen atoms in total. The second-order valence-corrected chi connectivity index (χ2v) is 8.22. The summed E-state index contributed by atoms with van der Waals surface area (Å²) in [7, 11) is 1.42. The van der Waals surface area contributed by atoms with Gasteiger partial charge in [0.15, 0.2) is 0 Å². The van der Waals surface area contributed by atoms with Gasteiger partial charge in [0.2, 0.25) is 0 Å². The Morgan fingerprint density at radius 3 is 2.30 bits per heavy atom. The number of benzene rings is 1. The summed E-state index contributed by atoms with van der Waals surface area (Å²) in [6.07, 6.45) is 0. The van der Waals surface area contributed by atoms with E-state index in [-0.39, 0.29) is 21.4 Å². The smallest absolute Gasteiger partial charge is 0.261 e. The summed E-state index contributed by atoms with van der Waals surface area (Å²) in [6.45, 7) is 5.46. The van der Waals surface area contributed by atoms with Crippen LogP contribution in [-0.4, -0.2) is 32.3 Å². The topological polar surface area (TPSA) is 54.5 Å². The van der Waals surface area contributed by atoms with Crippen molar-refractivity contribution in [3.63, 3.8) is 0 Å². The molecular formula is C13H15Cl2NO3S. The minimum atomic E-state index is -3.88. The molecule has 1 aliphatic rings. The number of carbonyl (C=O) groups is 1. The van der Waals surface area contributed by atoms with Gasteiger partial charge in [-0.05, 0) is 30.0 Å². The molecule has 1 aromatic carbocycles. The van der Waals surface area contributed by atoms with Gasteiger partial charge in [0.25, 0.3) is 15.0 Å². The van der Waals surface area contributed by atoms with E-state index in [0.717, 1.165) is 0 Å². The highest BCUT2D eigenvalue weighted by Crippen LogP contribution is 2.28. The van der Waals surface area contributed by atoms with Crippen LogP contribution in [-0.2, 0) is 9.05 Å². The van der Waals surface area contributed by atoms with Crippen molar-refractivity contribution >= 4 is 37.2 Å². The molecule has 0 N–H and O–H groups in total. The zero-order chi connectivity index (χ0) is 15.1. The summed E-state index contributed by atoms with van der Waals surface area (Å²) in [4.78, 5) is 14.0. The number of rotatable bonds is 2. The van der Waals surface area contributed by atoms with Crippen LogP contribution in [0.3, 0.4) is 0 Å². The summed E-state index contributed by atoms with van der Waals surface area (Å²) in [5, 5.41) is 0.228. The third kappa shape index (κ3) is 3.10. The average molecular weight is 336 g/mol. The number of carbonyl (C=O) groups excluding carboxylic acids is 1. The van der Waals surface area contributed by atoms with Crippen LogP contribution in [0.25, 0.3) is 0 Å². The van der Waals surface area contributed by atoms with E-state index in [1.165, 1.54) is 18.2 Å². The summed E-state index contributed by atoms with van der Waals surface area (Å²) in [5.74, 6) is 0.573. The van der Waals surface area contributed by atoms with Gasteiger partial charge in [0.05, 0.1) is 15.5 Å². The zero-order valence-corrected chi connectivity index (χ0v) is 13.5. The van der Waals surface area contributed by atoms with Crippen molar-refractivity contribution in [1.29, 1.82) is 0 Å². The highest BCUT2D eigenvalue weighted by Gasteiger charge is 2.31. The Morgan fingerprint density at radius 1 is 1.25 bits per heavy atom. The summed E-state index contributed by atoms with van der Waals surface area (Å²) < 4.78 is 22.7. The van der Waals surface area contributed by atoms with Gasteiger partial charge < -0.3 is 4.90 Å². The second kappa shape index (κ2) is 5.54. The number of nitrogens with zero attached hydrogens (tertiary/aromatic N) is 1. The normalized spacial score (nSPS) is 23.1. The summed E-state index contributed by atoms with van der Waals surface area (Å²) in [5.41, 5.74) is 0.176. The maximum absolute atomic E-state index is 12.4. The lowest BCUT2D eigenvalue weighted by Gasteiger charge is -2.17. The predicted octanol–water partition coefficient (Wildman–Crippen LogP) is 3.00. The van der Waals surface area contributed by atoms with Gasteiger partial charge in [0.1, 0.15) is 0 Å². The Labute approximate surface area is 128 Å². The Hall–Kier alpha value is -0.780. The molecule has 1 aromatic rings. The lowest BCUT2D eigenvalue weighted by atomic mass is 10.0. The monoisotopic (exact) mass is 335 g/mol. The largest absolute Gasteiger partial charge is 0.338 e. The first kappa shape index (κ1) is 15.6. The first-order valence-corrected chi connectivity index (χ1v) is 8.92. The highest BCUT2D eigenvalue weighted by atomic mass is 35.7. The van der Waals surface area contributed by atoms with Crippen LogP contribution in [0.5, 0.6) is 0 Å². The lowest BCUT2D eigenvalue weighted by Crippen LogP contribution is -2.29. The molecule has 0 radical (unpaired) electrons. The van der Waals surface area contributed by atoms with E-state index < -0.39 is 9.05 Å². The fourth-order valence-corrected chi connectivity index (χ4v) is 3.26. The van der Waals surface area contributed by atoms with Gasteiger partial charge in [-0.15, -0.1) is 0 Å². The molecule has 1 aliphatic heterocycles. The van der Waals surface area contributed by atoms with E-state index in [1.54, 1.807) is 4.90 Å². The van der Waals surface area contributed by atoms with Gasteiger partial charge in [-0.3, -0.25) is 4.79 Å². The molecule has 1 saturated heterocycles. The van der Waals surface area contributed by atoms with Crippen LogP contribution in [0.4, 0.5) is 0 Å². The van der Waals surface area contributed by atoms with Gasteiger partial charge in [-0.1, -0.05) is 25.4 Å². The van der Waals surface area contributed by atoms with Crippen LogP contribution in [0.2, 0.25) is 5.02 Å². The molecule has 0 bridgehead atoms. The van der Waals surface area contributed by atoms with Crippen molar-refractivity contribution in [1.82, 2.24) is 4.90 Å². The predicted molar refractivity (Wildman–Crippen MR) is 78.7 cm³/mol. The molecule has 20 heavy (non-hydrogen) atoms. The van der Waals surface area contributed by atoms with Crippen LogP contribution < -0.4 is 0 Å². The lowest BCUT2D eigenvalue weighted by molar-refractivity contribution is 0.0785. The van der Waals surface area contributed by atoms with Crippen molar-refractivity contribution in [2.45, 2.75) is 18.7 Å². The molecule has 1 fully saturated rings. The quantitative estimate of drug-likeness (QED) is 0.780. The number of halogens is 2. The van der Waals surface area contributed by atoms with Crippen molar-refractivity contribution in [3.05, 3.63) is 28.8 Å². The fourth-order valence-electron chi connectivity index (χ4n) is 2.29. The highest BCUT2D eigenvalue weighted by molar-refractivity contribution is 8.13. The zero-order valence-electron chi connectivity index (χ0n) is 11.1. The first-order valence-electron chi connectivity index (χ1n) is 6.23. The van der Waals surface area contributed by atoms with E-state index in [0.29, 0.717) is 24.9 Å². The Morgan fingerprint density at radius 2 is 1.80 bits per heavy atom. The van der Waals surface area contributed by atoms with E-state index in [2.05, 4.69) is 13.8 Å². The molecule has 1 heterocycles. The molecule has 0 aliphatic carbocycles. The van der Waals surface area contributed by atoms with Crippen molar-refractivity contribution < 1.29 is 13.2 Å². The van der Waals surface area contributed by atoms with Crippen molar-refractivity contribution in [3.8, 4) is 0 Å². The molecule has 0 spiro atoms. The average Bonchev–Trinajstić information content (AvgIpc) is 2.68. The summed E-state index contributed by atoms with van der Waals surface area (Å²) >= 11 is 6.01. The van der Waals surface area contributed by atoms with E-state index in [4.69, 9.17) is 22.3 Å².